The van der Waals surface area contributed by atoms with Crippen LogP contribution in [0.1, 0.15) is 20.7 Å². The summed E-state index contributed by atoms with van der Waals surface area (Å²) in [5.41, 5.74) is 0.852. The molecule has 0 radical (unpaired) electrons. The number of fused-ring (bicyclic) bond motifs is 1. The van der Waals surface area contributed by atoms with Crippen molar-refractivity contribution in [3.63, 3.8) is 0 Å². The molecular formula is C11H9N3O3. The molecule has 6 heteroatoms. The molecule has 1 aromatic carbocycles. The molecule has 6 nitrogen and oxygen atoms in total. The van der Waals surface area contributed by atoms with Crippen LogP contribution < -0.4 is 10.9 Å². The lowest BCUT2D eigenvalue weighted by molar-refractivity contribution is 0.0879. The minimum atomic E-state index is -0.300. The van der Waals surface area contributed by atoms with Crippen LogP contribution in [0.25, 0.3) is 0 Å². The molecule has 0 aliphatic carbocycles. The summed E-state index contributed by atoms with van der Waals surface area (Å²) in [7, 11) is 0. The Morgan fingerprint density at radius 1 is 0.824 bits per heavy atom. The van der Waals surface area contributed by atoms with Crippen LogP contribution in [0.3, 0.4) is 0 Å². The van der Waals surface area contributed by atoms with Crippen molar-refractivity contribution < 1.29 is 9.59 Å². The maximum Gasteiger partial charge on any atom is 0.263 e. The smallest absolute Gasteiger partial charge is 0.263 e. The van der Waals surface area contributed by atoms with E-state index in [0.717, 1.165) is 0 Å². The first kappa shape index (κ1) is 10.9. The molecule has 2 aromatic rings. The Hall–Kier alpha value is -2.63. The second-order valence-corrected chi connectivity index (χ2v) is 3.30. The van der Waals surface area contributed by atoms with Gasteiger partial charge in [0.05, 0.1) is 11.1 Å². The van der Waals surface area contributed by atoms with Crippen molar-refractivity contribution in [2.24, 2.45) is 0 Å². The van der Waals surface area contributed by atoms with Gasteiger partial charge in [-0.05, 0) is 12.1 Å². The molecule has 0 saturated heterocycles. The Kier molecular flexibility index (Phi) is 2.87. The maximum absolute atomic E-state index is 10.9. The summed E-state index contributed by atoms with van der Waals surface area (Å²) < 4.78 is 0. The van der Waals surface area contributed by atoms with Crippen LogP contribution in [-0.2, 0) is 0 Å². The Morgan fingerprint density at radius 3 is 1.76 bits per heavy atom. The lowest BCUT2D eigenvalue weighted by Gasteiger charge is -1.88. The number of rotatable bonds is 0. The first-order chi connectivity index (χ1) is 8.18. The van der Waals surface area contributed by atoms with Crippen LogP contribution in [-0.4, -0.2) is 22.0 Å². The van der Waals surface area contributed by atoms with Gasteiger partial charge in [-0.1, -0.05) is 12.1 Å². The molecule has 0 unspecified atom stereocenters. The van der Waals surface area contributed by atoms with Crippen molar-refractivity contribution in [2.45, 2.75) is 0 Å². The van der Waals surface area contributed by atoms with Crippen molar-refractivity contribution in [2.75, 3.05) is 0 Å². The van der Waals surface area contributed by atoms with Gasteiger partial charge in [-0.25, -0.2) is 0 Å². The van der Waals surface area contributed by atoms with E-state index < -0.39 is 0 Å². The molecule has 1 aliphatic heterocycles. The van der Waals surface area contributed by atoms with Gasteiger partial charge in [0.2, 0.25) is 0 Å². The third kappa shape index (κ3) is 2.31. The summed E-state index contributed by atoms with van der Waals surface area (Å²) in [4.78, 5) is 31.9. The van der Waals surface area contributed by atoms with E-state index in [1.54, 1.807) is 30.5 Å². The van der Waals surface area contributed by atoms with E-state index in [-0.39, 0.29) is 17.4 Å². The minimum Gasteiger partial charge on any atom is -0.305 e. The first-order valence-corrected chi connectivity index (χ1v) is 4.85. The molecule has 2 amide bonds. The highest BCUT2D eigenvalue weighted by molar-refractivity contribution is 6.21. The number of amides is 2. The average molecular weight is 231 g/mol. The first-order valence-electron chi connectivity index (χ1n) is 4.85. The van der Waals surface area contributed by atoms with Gasteiger partial charge >= 0.3 is 0 Å². The lowest BCUT2D eigenvalue weighted by atomic mass is 10.1. The van der Waals surface area contributed by atoms with E-state index in [9.17, 15) is 14.4 Å². The molecule has 17 heavy (non-hydrogen) atoms. The van der Waals surface area contributed by atoms with Gasteiger partial charge in [0, 0.05) is 12.3 Å². The van der Waals surface area contributed by atoms with Crippen LogP contribution in [0.15, 0.2) is 41.3 Å². The van der Waals surface area contributed by atoms with Gasteiger partial charge in [-0.2, -0.15) is 0 Å². The van der Waals surface area contributed by atoms with Crippen LogP contribution >= 0.6 is 0 Å². The maximum atomic E-state index is 10.9. The SMILES string of the molecule is O=C1NC(=O)c2ccccc21.O=c1cc[nH][nH]1. The van der Waals surface area contributed by atoms with Gasteiger partial charge in [-0.3, -0.25) is 24.8 Å². The van der Waals surface area contributed by atoms with E-state index in [4.69, 9.17) is 0 Å². The fourth-order valence-electron chi connectivity index (χ4n) is 1.39. The standard InChI is InChI=1S/C8H5NO2.C3H4N2O/c10-7-5-3-1-2-4-6(5)8(11)9-7;6-3-1-2-4-5-3/h1-4H,(H,9,10,11);1-2H,(H2,4,5,6). The molecule has 0 atom stereocenters. The molecule has 0 fully saturated rings. The van der Waals surface area contributed by atoms with Gasteiger partial charge in [-0.15, -0.1) is 0 Å². The Labute approximate surface area is 95.7 Å². The van der Waals surface area contributed by atoms with E-state index in [1.807, 2.05) is 0 Å². The van der Waals surface area contributed by atoms with Gasteiger partial charge < -0.3 is 5.10 Å². The van der Waals surface area contributed by atoms with Gasteiger partial charge in [0.1, 0.15) is 0 Å². The zero-order chi connectivity index (χ0) is 12.3. The molecule has 0 spiro atoms. The van der Waals surface area contributed by atoms with Gasteiger partial charge in [0.25, 0.3) is 17.4 Å². The lowest BCUT2D eigenvalue weighted by Crippen LogP contribution is -2.19. The van der Waals surface area contributed by atoms with Crippen molar-refractivity contribution in [1.29, 1.82) is 0 Å². The number of H-pyrrole nitrogens is 2. The van der Waals surface area contributed by atoms with Crippen LogP contribution in [0.4, 0.5) is 0 Å². The number of aromatic nitrogens is 2. The normalized spacial score (nSPS) is 12.5. The average Bonchev–Trinajstić information content (AvgIpc) is 2.90. The number of aromatic amines is 2. The minimum absolute atomic E-state index is 0.0880. The van der Waals surface area contributed by atoms with Crippen molar-refractivity contribution in [3.8, 4) is 0 Å². The zero-order valence-electron chi connectivity index (χ0n) is 8.69. The number of hydrogen-bond acceptors (Lipinski definition) is 3. The highest BCUT2D eigenvalue weighted by Gasteiger charge is 2.25. The zero-order valence-corrected chi connectivity index (χ0v) is 8.69. The Bertz CT molecular complexity index is 562. The molecule has 0 saturated carbocycles. The van der Waals surface area contributed by atoms with E-state index >= 15 is 0 Å². The quantitative estimate of drug-likeness (QED) is 0.568. The molecule has 0 bridgehead atoms. The van der Waals surface area contributed by atoms with Gasteiger partial charge in [0.15, 0.2) is 0 Å². The fraction of sp³-hybridized carbons (Fsp3) is 0. The number of benzene rings is 1. The van der Waals surface area contributed by atoms with Crippen LogP contribution in [0, 0.1) is 0 Å². The second-order valence-electron chi connectivity index (χ2n) is 3.30. The summed E-state index contributed by atoms with van der Waals surface area (Å²) in [6.45, 7) is 0. The molecular weight excluding hydrogens is 222 g/mol. The molecule has 2 heterocycles. The molecule has 1 aliphatic rings. The summed E-state index contributed by atoms with van der Waals surface area (Å²) >= 11 is 0. The Morgan fingerprint density at radius 2 is 1.41 bits per heavy atom. The number of carbonyl (C=O) groups is 2. The molecule has 3 rings (SSSR count). The summed E-state index contributed by atoms with van der Waals surface area (Å²) in [5, 5.41) is 7.02. The molecule has 86 valence electrons. The van der Waals surface area contributed by atoms with Crippen LogP contribution in [0.5, 0.6) is 0 Å². The highest BCUT2D eigenvalue weighted by atomic mass is 16.2. The largest absolute Gasteiger partial charge is 0.305 e. The topological polar surface area (TPSA) is 94.8 Å². The van der Waals surface area contributed by atoms with E-state index in [2.05, 4.69) is 15.5 Å². The number of imide groups is 1. The third-order valence-electron chi connectivity index (χ3n) is 2.16. The van der Waals surface area contributed by atoms with Crippen molar-refractivity contribution in [3.05, 3.63) is 58.0 Å². The summed E-state index contributed by atoms with van der Waals surface area (Å²) in [5.74, 6) is -0.601. The number of nitrogens with one attached hydrogen (secondary N) is 3. The summed E-state index contributed by atoms with van der Waals surface area (Å²) in [6.07, 6.45) is 1.54. The number of carbonyl (C=O) groups excluding carboxylic acids is 2. The predicted molar refractivity (Wildman–Crippen MR) is 59.7 cm³/mol. The molecule has 1 aromatic heterocycles. The van der Waals surface area contributed by atoms with Crippen LogP contribution in [0.2, 0.25) is 0 Å². The third-order valence-corrected chi connectivity index (χ3v) is 2.16. The summed E-state index contributed by atoms with van der Waals surface area (Å²) in [6, 6.07) is 8.15. The second kappa shape index (κ2) is 4.48. The number of hydrogen-bond donors (Lipinski definition) is 3. The van der Waals surface area contributed by atoms with Crippen molar-refractivity contribution in [1.82, 2.24) is 15.5 Å². The highest BCUT2D eigenvalue weighted by Crippen LogP contribution is 2.13. The predicted octanol–water partition coefficient (Wildman–Crippen LogP) is 0.273. The fourth-order valence-corrected chi connectivity index (χ4v) is 1.39. The van der Waals surface area contributed by atoms with Crippen molar-refractivity contribution >= 4 is 11.8 Å². The van der Waals surface area contributed by atoms with E-state index in [1.165, 1.54) is 6.07 Å². The Balaban J connectivity index is 0.000000153. The van der Waals surface area contributed by atoms with E-state index in [0.29, 0.717) is 11.1 Å². The molecule has 3 N–H and O–H groups in total. The monoisotopic (exact) mass is 231 g/mol.